The van der Waals surface area contributed by atoms with Crippen molar-refractivity contribution in [3.8, 4) is 0 Å². The Morgan fingerprint density at radius 1 is 1.52 bits per heavy atom. The highest BCUT2D eigenvalue weighted by atomic mass is 32.2. The minimum Gasteiger partial charge on any atom is -0.477 e. The van der Waals surface area contributed by atoms with Crippen molar-refractivity contribution in [2.75, 3.05) is 6.54 Å². The van der Waals surface area contributed by atoms with Crippen molar-refractivity contribution in [1.29, 1.82) is 0 Å². The summed E-state index contributed by atoms with van der Waals surface area (Å²) >= 11 is 1.40. The van der Waals surface area contributed by atoms with Crippen molar-refractivity contribution >= 4 is 29.6 Å². The molecule has 8 heteroatoms. The Balaban J connectivity index is 1.87. The number of β-lactam (4-membered cyclic amide) rings is 1. The predicted molar refractivity (Wildman–Crippen MR) is 82.8 cm³/mol. The Morgan fingerprint density at radius 2 is 2.22 bits per heavy atom. The monoisotopic (exact) mass is 338 g/mol. The first-order chi connectivity index (χ1) is 10.9. The van der Waals surface area contributed by atoms with Crippen LogP contribution in [0.25, 0.3) is 0 Å². The second kappa shape index (κ2) is 5.70. The molecule has 2 saturated heterocycles. The van der Waals surface area contributed by atoms with Gasteiger partial charge in [0.05, 0.1) is 23.8 Å². The maximum absolute atomic E-state index is 12.2. The van der Waals surface area contributed by atoms with Gasteiger partial charge in [-0.15, -0.1) is 11.8 Å². The van der Waals surface area contributed by atoms with Crippen LogP contribution in [-0.4, -0.2) is 56.9 Å². The Labute approximate surface area is 137 Å². The average Bonchev–Trinajstić information content (AvgIpc) is 3.02. The number of amides is 1. The lowest BCUT2D eigenvalue weighted by Gasteiger charge is -2.46. The van der Waals surface area contributed by atoms with E-state index in [2.05, 4.69) is 5.32 Å². The van der Waals surface area contributed by atoms with E-state index >= 15 is 0 Å². The van der Waals surface area contributed by atoms with E-state index in [9.17, 15) is 24.6 Å². The van der Waals surface area contributed by atoms with E-state index in [0.717, 1.165) is 0 Å². The van der Waals surface area contributed by atoms with E-state index in [1.807, 2.05) is 12.9 Å². The summed E-state index contributed by atoms with van der Waals surface area (Å²) in [4.78, 5) is 36.5. The van der Waals surface area contributed by atoms with Gasteiger partial charge in [0.2, 0.25) is 5.91 Å². The van der Waals surface area contributed by atoms with Crippen molar-refractivity contribution < 1.29 is 24.6 Å². The summed E-state index contributed by atoms with van der Waals surface area (Å²) in [5.74, 6) is -0.321. The number of carboxylic acids is 1. The van der Waals surface area contributed by atoms with Gasteiger partial charge >= 0.3 is 5.97 Å². The Bertz CT molecular complexity index is 652. The number of carbonyl (C=O) groups is 2. The van der Waals surface area contributed by atoms with Gasteiger partial charge in [0.25, 0.3) is 0 Å². The standard InChI is InChI=1S/C15H18N2O5S/c1-6-11-10(7(2)19)14(20)17(11)12(15(21)22)13(6)23-9-3-8(5-18)16-4-9/h6-7,9-11,16,19H,3-4H2,1-2H3,(H,21,22)/t6?,7?,9?,10?,11-/m1/s1. The number of aliphatic hydroxyl groups is 1. The average molecular weight is 338 g/mol. The molecule has 0 aromatic heterocycles. The van der Waals surface area contributed by atoms with Crippen molar-refractivity contribution in [1.82, 2.24) is 10.2 Å². The van der Waals surface area contributed by atoms with E-state index in [-0.39, 0.29) is 28.8 Å². The number of rotatable bonds is 4. The minimum atomic E-state index is -1.13. The number of nitrogens with zero attached hydrogens (tertiary/aromatic N) is 1. The third-order valence-electron chi connectivity index (χ3n) is 4.70. The van der Waals surface area contributed by atoms with Gasteiger partial charge in [0.15, 0.2) is 0 Å². The third-order valence-corrected chi connectivity index (χ3v) is 6.19. The van der Waals surface area contributed by atoms with Crippen LogP contribution in [0.15, 0.2) is 16.3 Å². The molecule has 23 heavy (non-hydrogen) atoms. The molecule has 3 N–H and O–H groups in total. The number of aliphatic hydroxyl groups excluding tert-OH is 1. The molecule has 0 saturated carbocycles. The molecule has 0 aliphatic carbocycles. The zero-order chi connectivity index (χ0) is 16.9. The lowest BCUT2D eigenvalue weighted by Crippen LogP contribution is -2.63. The van der Waals surface area contributed by atoms with Gasteiger partial charge in [-0.25, -0.2) is 9.59 Å². The van der Waals surface area contributed by atoms with Gasteiger partial charge < -0.3 is 20.4 Å². The number of hydrogen-bond acceptors (Lipinski definition) is 6. The smallest absolute Gasteiger partial charge is 0.353 e. The lowest BCUT2D eigenvalue weighted by atomic mass is 9.79. The van der Waals surface area contributed by atoms with E-state index in [1.54, 1.807) is 6.92 Å². The fourth-order valence-electron chi connectivity index (χ4n) is 3.63. The van der Waals surface area contributed by atoms with Crippen molar-refractivity contribution in [3.05, 3.63) is 16.3 Å². The molecule has 5 atom stereocenters. The Hall–Kier alpha value is -1.76. The molecular formula is C15H18N2O5S. The zero-order valence-electron chi connectivity index (χ0n) is 12.8. The lowest BCUT2D eigenvalue weighted by molar-refractivity contribution is -0.163. The molecular weight excluding hydrogens is 320 g/mol. The first-order valence-corrected chi connectivity index (χ1v) is 8.37. The Morgan fingerprint density at radius 3 is 2.74 bits per heavy atom. The van der Waals surface area contributed by atoms with Crippen LogP contribution in [0.5, 0.6) is 0 Å². The van der Waals surface area contributed by atoms with Crippen LogP contribution in [0.4, 0.5) is 0 Å². The van der Waals surface area contributed by atoms with Crippen molar-refractivity contribution in [2.24, 2.45) is 11.8 Å². The van der Waals surface area contributed by atoms with Crippen LogP contribution < -0.4 is 5.32 Å². The summed E-state index contributed by atoms with van der Waals surface area (Å²) in [7, 11) is 0. The highest BCUT2D eigenvalue weighted by Crippen LogP contribution is 2.51. The molecule has 2 fully saturated rings. The molecule has 3 aliphatic rings. The van der Waals surface area contributed by atoms with E-state index in [0.29, 0.717) is 23.6 Å². The van der Waals surface area contributed by atoms with E-state index in [4.69, 9.17) is 0 Å². The number of carboxylic acid groups (broad SMARTS) is 1. The van der Waals surface area contributed by atoms with Crippen LogP contribution in [-0.2, 0) is 14.4 Å². The topological polar surface area (TPSA) is 107 Å². The van der Waals surface area contributed by atoms with Gasteiger partial charge in [0, 0.05) is 29.0 Å². The minimum absolute atomic E-state index is 0.0259. The fraction of sp³-hybridized carbons (Fsp3) is 0.600. The van der Waals surface area contributed by atoms with Gasteiger partial charge in [-0.3, -0.25) is 4.79 Å². The highest BCUT2D eigenvalue weighted by Gasteiger charge is 2.60. The molecule has 0 spiro atoms. The summed E-state index contributed by atoms with van der Waals surface area (Å²) in [6.07, 6.45) is -0.293. The van der Waals surface area contributed by atoms with Gasteiger partial charge in [0.1, 0.15) is 11.6 Å². The summed E-state index contributed by atoms with van der Waals surface area (Å²) < 4.78 is 0. The molecule has 3 heterocycles. The molecule has 0 radical (unpaired) electrons. The van der Waals surface area contributed by atoms with Gasteiger partial charge in [-0.05, 0) is 6.92 Å². The summed E-state index contributed by atoms with van der Waals surface area (Å²) in [6, 6.07) is -0.299. The number of allylic oxidation sites excluding steroid dienone is 1. The molecule has 124 valence electrons. The normalized spacial score (nSPS) is 34.0. The summed E-state index contributed by atoms with van der Waals surface area (Å²) in [5.41, 5.74) is 0.518. The van der Waals surface area contributed by atoms with Crippen LogP contribution in [0, 0.1) is 11.8 Å². The predicted octanol–water partition coefficient (Wildman–Crippen LogP) is -0.0493. The maximum Gasteiger partial charge on any atom is 0.353 e. The fourth-order valence-corrected chi connectivity index (χ4v) is 5.06. The second-order valence-corrected chi connectivity index (χ2v) is 7.52. The quantitative estimate of drug-likeness (QED) is 0.487. The van der Waals surface area contributed by atoms with E-state index < -0.39 is 18.0 Å². The number of carbonyl (C=O) groups excluding carboxylic acids is 2. The molecule has 0 bridgehead atoms. The molecule has 0 aromatic carbocycles. The SMILES string of the molecule is CC(O)C1C(=O)N2C(C(=O)O)=C(SC3CNC(=C=O)C3)C(C)[C@H]12. The first-order valence-electron chi connectivity index (χ1n) is 7.50. The number of fused-ring (bicyclic) bond motifs is 1. The summed E-state index contributed by atoms with van der Waals surface area (Å²) in [6.45, 7) is 4.01. The van der Waals surface area contributed by atoms with Crippen LogP contribution in [0.2, 0.25) is 0 Å². The molecule has 3 rings (SSSR count). The summed E-state index contributed by atoms with van der Waals surface area (Å²) in [5, 5.41) is 22.3. The molecule has 1 amide bonds. The molecule has 0 aromatic rings. The number of nitrogens with one attached hydrogen (secondary N) is 1. The van der Waals surface area contributed by atoms with Crippen LogP contribution >= 0.6 is 11.8 Å². The van der Waals surface area contributed by atoms with E-state index in [1.165, 1.54) is 16.7 Å². The molecule has 7 nitrogen and oxygen atoms in total. The first kappa shape index (κ1) is 16.1. The maximum atomic E-state index is 12.2. The third kappa shape index (κ3) is 2.38. The van der Waals surface area contributed by atoms with Crippen molar-refractivity contribution in [2.45, 2.75) is 37.7 Å². The molecule has 3 aliphatic heterocycles. The van der Waals surface area contributed by atoms with Gasteiger partial charge in [-0.2, -0.15) is 0 Å². The second-order valence-electron chi connectivity index (χ2n) is 6.18. The zero-order valence-corrected chi connectivity index (χ0v) is 13.6. The Kier molecular flexibility index (Phi) is 4.00. The number of hydrogen-bond donors (Lipinski definition) is 3. The number of thioether (sulfide) groups is 1. The van der Waals surface area contributed by atoms with Crippen LogP contribution in [0.1, 0.15) is 20.3 Å². The van der Waals surface area contributed by atoms with Crippen LogP contribution in [0.3, 0.4) is 0 Å². The number of aliphatic carboxylic acids is 1. The highest BCUT2D eigenvalue weighted by molar-refractivity contribution is 8.03. The van der Waals surface area contributed by atoms with Crippen molar-refractivity contribution in [3.63, 3.8) is 0 Å². The largest absolute Gasteiger partial charge is 0.477 e. The van der Waals surface area contributed by atoms with Gasteiger partial charge in [-0.1, -0.05) is 6.92 Å². The molecule has 4 unspecified atom stereocenters.